The third-order valence-electron chi connectivity index (χ3n) is 4.61. The van der Waals surface area contributed by atoms with E-state index >= 15 is 0 Å². The Labute approximate surface area is 136 Å². The van der Waals surface area contributed by atoms with Crippen molar-refractivity contribution in [2.75, 3.05) is 39.4 Å². The molecular formula is C16H26N4O3. The Morgan fingerprint density at radius 2 is 2.39 bits per heavy atom. The molecule has 0 unspecified atom stereocenters. The Morgan fingerprint density at radius 1 is 1.52 bits per heavy atom. The van der Waals surface area contributed by atoms with Crippen molar-refractivity contribution >= 4 is 5.91 Å². The first-order valence-corrected chi connectivity index (χ1v) is 8.30. The molecule has 1 N–H and O–H groups in total. The molecule has 2 atom stereocenters. The Morgan fingerprint density at radius 3 is 3.09 bits per heavy atom. The second-order valence-electron chi connectivity index (χ2n) is 6.56. The average Bonchev–Trinajstić information content (AvgIpc) is 3.19. The molecule has 1 aromatic heterocycles. The maximum absolute atomic E-state index is 12.4. The van der Waals surface area contributed by atoms with E-state index in [-0.39, 0.29) is 12.0 Å². The van der Waals surface area contributed by atoms with Crippen molar-refractivity contribution in [3.63, 3.8) is 0 Å². The van der Waals surface area contributed by atoms with E-state index in [1.165, 1.54) is 0 Å². The van der Waals surface area contributed by atoms with Crippen LogP contribution in [0.5, 0.6) is 0 Å². The SMILES string of the molecule is Cn1cc([C@]2(C)CN(C(=O)CNC[C@@H]3CCCO3)CCO2)cn1. The number of aryl methyl sites for hydroxylation is 1. The summed E-state index contributed by atoms with van der Waals surface area (Å²) in [6, 6.07) is 0. The van der Waals surface area contributed by atoms with Crippen molar-refractivity contribution in [1.29, 1.82) is 0 Å². The molecule has 0 bridgehead atoms. The summed E-state index contributed by atoms with van der Waals surface area (Å²) < 4.78 is 13.3. The molecule has 3 heterocycles. The van der Waals surface area contributed by atoms with Gasteiger partial charge in [-0.15, -0.1) is 0 Å². The van der Waals surface area contributed by atoms with E-state index in [2.05, 4.69) is 10.4 Å². The van der Waals surface area contributed by atoms with Crippen LogP contribution in [0.3, 0.4) is 0 Å². The monoisotopic (exact) mass is 322 g/mol. The minimum Gasteiger partial charge on any atom is -0.377 e. The summed E-state index contributed by atoms with van der Waals surface area (Å²) in [6.45, 7) is 5.69. The third-order valence-corrected chi connectivity index (χ3v) is 4.61. The molecule has 1 aromatic rings. The molecule has 0 saturated carbocycles. The lowest BCUT2D eigenvalue weighted by atomic mass is 9.97. The van der Waals surface area contributed by atoms with Gasteiger partial charge >= 0.3 is 0 Å². The van der Waals surface area contributed by atoms with Gasteiger partial charge in [0.15, 0.2) is 0 Å². The zero-order valence-electron chi connectivity index (χ0n) is 14.0. The molecule has 2 fully saturated rings. The molecular weight excluding hydrogens is 296 g/mol. The standard InChI is InChI=1S/C16H26N4O3/c1-16(13-8-18-19(2)11-13)12-20(5-7-23-16)15(21)10-17-9-14-4-3-6-22-14/h8,11,14,17H,3-7,9-10,12H2,1-2H3/t14-,16-/m0/s1. The minimum atomic E-state index is -0.489. The molecule has 7 nitrogen and oxygen atoms in total. The Bertz CT molecular complexity index is 541. The fraction of sp³-hybridized carbons (Fsp3) is 0.750. The van der Waals surface area contributed by atoms with Gasteiger partial charge in [0.2, 0.25) is 5.91 Å². The van der Waals surface area contributed by atoms with Gasteiger partial charge in [-0.25, -0.2) is 0 Å². The van der Waals surface area contributed by atoms with E-state index in [1.807, 2.05) is 31.3 Å². The highest BCUT2D eigenvalue weighted by Gasteiger charge is 2.36. The Balaban J connectivity index is 1.52. The summed E-state index contributed by atoms with van der Waals surface area (Å²) in [7, 11) is 1.88. The zero-order valence-corrected chi connectivity index (χ0v) is 14.0. The van der Waals surface area contributed by atoms with Crippen LogP contribution in [0.15, 0.2) is 12.4 Å². The molecule has 0 spiro atoms. The van der Waals surface area contributed by atoms with Gasteiger partial charge in [0.25, 0.3) is 0 Å². The normalized spacial score (nSPS) is 28.3. The predicted molar refractivity (Wildman–Crippen MR) is 84.9 cm³/mol. The van der Waals surface area contributed by atoms with Gasteiger partial charge in [0.05, 0.1) is 32.0 Å². The van der Waals surface area contributed by atoms with Gasteiger partial charge in [0, 0.05) is 38.5 Å². The number of morpholine rings is 1. The van der Waals surface area contributed by atoms with Crippen molar-refractivity contribution < 1.29 is 14.3 Å². The molecule has 23 heavy (non-hydrogen) atoms. The number of nitrogens with zero attached hydrogens (tertiary/aromatic N) is 3. The van der Waals surface area contributed by atoms with Crippen LogP contribution in [0.25, 0.3) is 0 Å². The van der Waals surface area contributed by atoms with E-state index in [0.29, 0.717) is 26.2 Å². The summed E-state index contributed by atoms with van der Waals surface area (Å²) in [4.78, 5) is 14.3. The molecule has 2 aliphatic rings. The molecule has 128 valence electrons. The van der Waals surface area contributed by atoms with E-state index < -0.39 is 5.60 Å². The number of hydrogen-bond acceptors (Lipinski definition) is 5. The maximum Gasteiger partial charge on any atom is 0.236 e. The Kier molecular flexibility index (Phi) is 4.99. The Hall–Kier alpha value is -1.44. The molecule has 0 aliphatic carbocycles. The average molecular weight is 322 g/mol. The van der Waals surface area contributed by atoms with Crippen LogP contribution in [0, 0.1) is 0 Å². The summed E-state index contributed by atoms with van der Waals surface area (Å²) in [5.74, 6) is 0.112. The molecule has 2 aliphatic heterocycles. The lowest BCUT2D eigenvalue weighted by molar-refractivity contribution is -0.148. The van der Waals surface area contributed by atoms with Crippen LogP contribution >= 0.6 is 0 Å². The summed E-state index contributed by atoms with van der Waals surface area (Å²) in [6.07, 6.45) is 6.21. The molecule has 1 amide bonds. The second-order valence-corrected chi connectivity index (χ2v) is 6.56. The number of aromatic nitrogens is 2. The van der Waals surface area contributed by atoms with Crippen molar-refractivity contribution in [3.05, 3.63) is 18.0 Å². The largest absolute Gasteiger partial charge is 0.377 e. The fourth-order valence-electron chi connectivity index (χ4n) is 3.21. The van der Waals surface area contributed by atoms with Gasteiger partial charge in [-0.2, -0.15) is 5.10 Å². The van der Waals surface area contributed by atoms with Crippen LogP contribution in [-0.2, 0) is 26.9 Å². The molecule has 0 aromatic carbocycles. The summed E-state index contributed by atoms with van der Waals surface area (Å²) in [5.41, 5.74) is 0.515. The number of ether oxygens (including phenoxy) is 2. The van der Waals surface area contributed by atoms with Crippen molar-refractivity contribution in [2.24, 2.45) is 7.05 Å². The van der Waals surface area contributed by atoms with E-state index in [9.17, 15) is 4.79 Å². The fourth-order valence-corrected chi connectivity index (χ4v) is 3.21. The van der Waals surface area contributed by atoms with Crippen LogP contribution in [0.4, 0.5) is 0 Å². The first-order valence-electron chi connectivity index (χ1n) is 8.30. The number of amides is 1. The van der Waals surface area contributed by atoms with Crippen LogP contribution in [-0.4, -0.2) is 66.1 Å². The smallest absolute Gasteiger partial charge is 0.236 e. The lowest BCUT2D eigenvalue weighted by Gasteiger charge is -2.40. The number of carbonyl (C=O) groups excluding carboxylic acids is 1. The van der Waals surface area contributed by atoms with Gasteiger partial charge in [-0.1, -0.05) is 0 Å². The first-order chi connectivity index (χ1) is 11.1. The lowest BCUT2D eigenvalue weighted by Crippen LogP contribution is -2.52. The summed E-state index contributed by atoms with van der Waals surface area (Å²) in [5, 5.41) is 7.43. The highest BCUT2D eigenvalue weighted by Crippen LogP contribution is 2.28. The maximum atomic E-state index is 12.4. The van der Waals surface area contributed by atoms with Crippen molar-refractivity contribution in [3.8, 4) is 0 Å². The van der Waals surface area contributed by atoms with E-state index in [1.54, 1.807) is 4.68 Å². The van der Waals surface area contributed by atoms with Crippen LogP contribution in [0.2, 0.25) is 0 Å². The molecule has 7 heteroatoms. The number of rotatable bonds is 5. The molecule has 2 saturated heterocycles. The van der Waals surface area contributed by atoms with Gasteiger partial charge < -0.3 is 19.7 Å². The molecule has 3 rings (SSSR count). The topological polar surface area (TPSA) is 68.6 Å². The van der Waals surface area contributed by atoms with Crippen LogP contribution < -0.4 is 5.32 Å². The van der Waals surface area contributed by atoms with Gasteiger partial charge in [-0.05, 0) is 19.8 Å². The zero-order chi connectivity index (χ0) is 16.3. The van der Waals surface area contributed by atoms with E-state index in [0.717, 1.165) is 31.6 Å². The highest BCUT2D eigenvalue weighted by atomic mass is 16.5. The van der Waals surface area contributed by atoms with Gasteiger partial charge in [0.1, 0.15) is 5.60 Å². The van der Waals surface area contributed by atoms with Crippen molar-refractivity contribution in [1.82, 2.24) is 20.0 Å². The number of hydrogen-bond donors (Lipinski definition) is 1. The quantitative estimate of drug-likeness (QED) is 0.842. The summed E-state index contributed by atoms with van der Waals surface area (Å²) >= 11 is 0. The first kappa shape index (κ1) is 16.4. The minimum absolute atomic E-state index is 0.112. The van der Waals surface area contributed by atoms with Gasteiger partial charge in [-0.3, -0.25) is 9.48 Å². The van der Waals surface area contributed by atoms with E-state index in [4.69, 9.17) is 9.47 Å². The number of nitrogens with one attached hydrogen (secondary N) is 1. The molecule has 0 radical (unpaired) electrons. The van der Waals surface area contributed by atoms with Crippen molar-refractivity contribution in [2.45, 2.75) is 31.5 Å². The second kappa shape index (κ2) is 6.98. The highest BCUT2D eigenvalue weighted by molar-refractivity contribution is 5.78. The van der Waals surface area contributed by atoms with Crippen LogP contribution in [0.1, 0.15) is 25.3 Å². The predicted octanol–water partition coefficient (Wildman–Crippen LogP) is 0.263. The number of carbonyl (C=O) groups is 1. The third kappa shape index (κ3) is 3.91.